The topological polar surface area (TPSA) is 17.1 Å². The molecule has 0 aliphatic carbocycles. The van der Waals surface area contributed by atoms with Gasteiger partial charge in [0.2, 0.25) is 0 Å². The summed E-state index contributed by atoms with van der Waals surface area (Å²) in [6.45, 7) is 6.58. The Morgan fingerprint density at radius 1 is 0.950 bits per heavy atom. The monoisotopic (exact) mass is 378 g/mol. The van der Waals surface area contributed by atoms with Gasteiger partial charge in [-0.05, 0) is 51.3 Å². The molecule has 0 unspecified atom stereocenters. The summed E-state index contributed by atoms with van der Waals surface area (Å²) in [6.07, 6.45) is 0.463. The summed E-state index contributed by atoms with van der Waals surface area (Å²) >= 11 is 2.24. The van der Waals surface area contributed by atoms with E-state index in [1.54, 1.807) is 0 Å². The van der Waals surface area contributed by atoms with Crippen LogP contribution in [0.2, 0.25) is 0 Å². The Balaban J connectivity index is 2.10. The molecule has 0 aromatic heterocycles. The van der Waals surface area contributed by atoms with E-state index in [0.29, 0.717) is 6.42 Å². The van der Waals surface area contributed by atoms with Crippen molar-refractivity contribution in [2.24, 2.45) is 0 Å². The van der Waals surface area contributed by atoms with Crippen molar-refractivity contribution in [2.75, 3.05) is 0 Å². The van der Waals surface area contributed by atoms with E-state index in [1.807, 2.05) is 24.3 Å². The lowest BCUT2D eigenvalue weighted by molar-refractivity contribution is 0.0993. The Hall–Kier alpha value is -1.16. The molecule has 0 bridgehead atoms. The molecule has 0 spiro atoms. The van der Waals surface area contributed by atoms with E-state index in [1.165, 1.54) is 5.56 Å². The highest BCUT2D eigenvalue weighted by molar-refractivity contribution is 14.1. The molecular weight excluding hydrogens is 359 g/mol. The van der Waals surface area contributed by atoms with Crippen molar-refractivity contribution >= 4 is 28.4 Å². The van der Waals surface area contributed by atoms with Crippen LogP contribution in [0, 0.1) is 3.57 Å². The van der Waals surface area contributed by atoms with Gasteiger partial charge in [0.15, 0.2) is 5.78 Å². The third kappa shape index (κ3) is 3.92. The SMILES string of the molecule is CC(C)(C)c1ccc(CC(=O)c2ccc(I)cc2)cc1. The molecule has 0 N–H and O–H groups in total. The molecule has 2 heteroatoms. The predicted molar refractivity (Wildman–Crippen MR) is 92.3 cm³/mol. The largest absolute Gasteiger partial charge is 0.294 e. The molecule has 0 fully saturated rings. The Bertz CT molecular complexity index is 589. The smallest absolute Gasteiger partial charge is 0.167 e. The molecule has 0 aliphatic rings. The van der Waals surface area contributed by atoms with Gasteiger partial charge in [-0.3, -0.25) is 4.79 Å². The number of carbonyl (C=O) groups excluding carboxylic acids is 1. The Kier molecular flexibility index (Phi) is 4.63. The van der Waals surface area contributed by atoms with E-state index in [-0.39, 0.29) is 11.2 Å². The number of rotatable bonds is 3. The normalized spacial score (nSPS) is 11.4. The zero-order valence-corrected chi connectivity index (χ0v) is 14.3. The number of ketones is 1. The van der Waals surface area contributed by atoms with E-state index in [9.17, 15) is 4.79 Å². The second kappa shape index (κ2) is 6.08. The second-order valence-electron chi connectivity index (χ2n) is 6.05. The van der Waals surface area contributed by atoms with Crippen LogP contribution in [0.25, 0.3) is 0 Å². The summed E-state index contributed by atoms with van der Waals surface area (Å²) in [6, 6.07) is 16.1. The molecular formula is C18H19IO. The lowest BCUT2D eigenvalue weighted by Gasteiger charge is -2.19. The van der Waals surface area contributed by atoms with Gasteiger partial charge in [0, 0.05) is 15.6 Å². The minimum Gasteiger partial charge on any atom is -0.294 e. The first-order valence-electron chi connectivity index (χ1n) is 6.74. The van der Waals surface area contributed by atoms with Crippen LogP contribution in [0.5, 0.6) is 0 Å². The molecule has 20 heavy (non-hydrogen) atoms. The van der Waals surface area contributed by atoms with Gasteiger partial charge in [-0.15, -0.1) is 0 Å². The van der Waals surface area contributed by atoms with Gasteiger partial charge in [0.05, 0.1) is 0 Å². The minimum absolute atomic E-state index is 0.151. The van der Waals surface area contributed by atoms with Gasteiger partial charge in [-0.1, -0.05) is 57.2 Å². The fourth-order valence-corrected chi connectivity index (χ4v) is 2.41. The van der Waals surface area contributed by atoms with Crippen LogP contribution in [0.3, 0.4) is 0 Å². The second-order valence-corrected chi connectivity index (χ2v) is 7.30. The zero-order valence-electron chi connectivity index (χ0n) is 12.1. The van der Waals surface area contributed by atoms with Crippen molar-refractivity contribution in [3.8, 4) is 0 Å². The summed E-state index contributed by atoms with van der Waals surface area (Å²) in [7, 11) is 0. The van der Waals surface area contributed by atoms with E-state index in [0.717, 1.165) is 14.7 Å². The summed E-state index contributed by atoms with van der Waals surface area (Å²) in [5, 5.41) is 0. The van der Waals surface area contributed by atoms with Crippen LogP contribution in [0.15, 0.2) is 48.5 Å². The van der Waals surface area contributed by atoms with Gasteiger partial charge in [-0.2, -0.15) is 0 Å². The molecule has 2 rings (SSSR count). The molecule has 2 aromatic carbocycles. The van der Waals surface area contributed by atoms with Crippen LogP contribution < -0.4 is 0 Å². The van der Waals surface area contributed by atoms with Crippen LogP contribution in [-0.4, -0.2) is 5.78 Å². The first kappa shape index (κ1) is 15.2. The summed E-state index contributed by atoms with van der Waals surface area (Å²) in [5.41, 5.74) is 3.30. The number of carbonyl (C=O) groups is 1. The average molecular weight is 378 g/mol. The molecule has 0 heterocycles. The van der Waals surface area contributed by atoms with Gasteiger partial charge in [0.1, 0.15) is 0 Å². The van der Waals surface area contributed by atoms with Crippen molar-refractivity contribution in [3.05, 3.63) is 68.8 Å². The van der Waals surface area contributed by atoms with E-state index < -0.39 is 0 Å². The predicted octanol–water partition coefficient (Wildman–Crippen LogP) is 5.01. The van der Waals surface area contributed by atoms with Gasteiger partial charge in [0.25, 0.3) is 0 Å². The summed E-state index contributed by atoms with van der Waals surface area (Å²) in [4.78, 5) is 12.2. The number of benzene rings is 2. The van der Waals surface area contributed by atoms with Crippen molar-refractivity contribution in [1.82, 2.24) is 0 Å². The number of hydrogen-bond acceptors (Lipinski definition) is 1. The van der Waals surface area contributed by atoms with E-state index >= 15 is 0 Å². The van der Waals surface area contributed by atoms with Crippen molar-refractivity contribution in [3.63, 3.8) is 0 Å². The molecule has 2 aromatic rings. The first-order valence-corrected chi connectivity index (χ1v) is 7.82. The Morgan fingerprint density at radius 3 is 2.00 bits per heavy atom. The number of Topliss-reactive ketones (excluding diaryl/α,β-unsaturated/α-hetero) is 1. The summed E-state index contributed by atoms with van der Waals surface area (Å²) < 4.78 is 1.15. The third-order valence-electron chi connectivity index (χ3n) is 3.35. The van der Waals surface area contributed by atoms with Crippen LogP contribution >= 0.6 is 22.6 Å². The van der Waals surface area contributed by atoms with Crippen molar-refractivity contribution in [2.45, 2.75) is 32.6 Å². The third-order valence-corrected chi connectivity index (χ3v) is 4.07. The Morgan fingerprint density at radius 2 is 1.50 bits per heavy atom. The molecule has 0 saturated heterocycles. The minimum atomic E-state index is 0.151. The first-order chi connectivity index (χ1) is 9.36. The fourth-order valence-electron chi connectivity index (χ4n) is 2.05. The maximum Gasteiger partial charge on any atom is 0.167 e. The average Bonchev–Trinajstić information content (AvgIpc) is 2.39. The summed E-state index contributed by atoms with van der Waals surface area (Å²) in [5.74, 6) is 0.171. The maximum absolute atomic E-state index is 12.2. The molecule has 0 saturated carbocycles. The lowest BCUT2D eigenvalue weighted by Crippen LogP contribution is -2.11. The van der Waals surface area contributed by atoms with Gasteiger partial charge >= 0.3 is 0 Å². The molecule has 0 atom stereocenters. The molecule has 1 nitrogen and oxygen atoms in total. The zero-order chi connectivity index (χ0) is 14.8. The highest BCUT2D eigenvalue weighted by Crippen LogP contribution is 2.22. The molecule has 0 radical (unpaired) electrons. The van der Waals surface area contributed by atoms with E-state index in [2.05, 4.69) is 67.6 Å². The Labute approximate surface area is 134 Å². The lowest BCUT2D eigenvalue weighted by atomic mass is 9.86. The van der Waals surface area contributed by atoms with Crippen LogP contribution in [0.4, 0.5) is 0 Å². The van der Waals surface area contributed by atoms with E-state index in [4.69, 9.17) is 0 Å². The number of hydrogen-bond donors (Lipinski definition) is 0. The van der Waals surface area contributed by atoms with Crippen LogP contribution in [0.1, 0.15) is 42.3 Å². The molecule has 104 valence electrons. The fraction of sp³-hybridized carbons (Fsp3) is 0.278. The van der Waals surface area contributed by atoms with Crippen molar-refractivity contribution in [1.29, 1.82) is 0 Å². The number of halogens is 1. The van der Waals surface area contributed by atoms with Gasteiger partial charge < -0.3 is 0 Å². The highest BCUT2D eigenvalue weighted by atomic mass is 127. The quantitative estimate of drug-likeness (QED) is 0.542. The highest BCUT2D eigenvalue weighted by Gasteiger charge is 2.13. The van der Waals surface area contributed by atoms with Crippen molar-refractivity contribution < 1.29 is 4.79 Å². The van der Waals surface area contributed by atoms with Crippen LogP contribution in [-0.2, 0) is 11.8 Å². The standard InChI is InChI=1S/C18H19IO/c1-18(2,3)15-8-4-13(5-9-15)12-17(20)14-6-10-16(19)11-7-14/h4-11H,12H2,1-3H3. The van der Waals surface area contributed by atoms with Gasteiger partial charge in [-0.25, -0.2) is 0 Å². The molecule has 0 aliphatic heterocycles. The molecule has 0 amide bonds. The maximum atomic E-state index is 12.2.